The lowest BCUT2D eigenvalue weighted by molar-refractivity contribution is -0.384. The zero-order chi connectivity index (χ0) is 24.5. The molecule has 0 saturated carbocycles. The molecule has 0 fully saturated rings. The number of nitrogens with zero attached hydrogens (tertiary/aromatic N) is 2. The number of carbonyl (C=O) groups is 1. The molecule has 0 aliphatic rings. The lowest BCUT2D eigenvalue weighted by Crippen LogP contribution is -2.18. The third kappa shape index (κ3) is 6.46. The molecule has 0 unspecified atom stereocenters. The topological polar surface area (TPSA) is 112 Å². The minimum Gasteiger partial charge on any atom is -0.496 e. The van der Waals surface area contributed by atoms with Gasteiger partial charge in [-0.15, -0.1) is 0 Å². The lowest BCUT2D eigenvalue weighted by atomic mass is 10.1. The molecule has 0 aliphatic carbocycles. The van der Waals surface area contributed by atoms with Crippen LogP contribution in [0.15, 0.2) is 65.8 Å². The summed E-state index contributed by atoms with van der Waals surface area (Å²) in [5, 5.41) is 15.6. The normalized spacial score (nSPS) is 10.7. The first-order chi connectivity index (χ1) is 16.4. The Morgan fingerprint density at radius 3 is 2.47 bits per heavy atom. The summed E-state index contributed by atoms with van der Waals surface area (Å²) < 4.78 is 16.7. The number of ether oxygens (including phenoxy) is 3. The van der Waals surface area contributed by atoms with E-state index < -0.39 is 10.8 Å². The minimum absolute atomic E-state index is 0.00481. The number of carbonyl (C=O) groups excluding carboxylic acids is 1. The van der Waals surface area contributed by atoms with Crippen LogP contribution in [-0.4, -0.2) is 30.8 Å². The van der Waals surface area contributed by atoms with E-state index in [0.29, 0.717) is 35.3 Å². The van der Waals surface area contributed by atoms with E-state index in [0.717, 1.165) is 11.6 Å². The van der Waals surface area contributed by atoms with E-state index in [4.69, 9.17) is 25.8 Å². The van der Waals surface area contributed by atoms with Crippen molar-refractivity contribution in [3.8, 4) is 17.2 Å². The van der Waals surface area contributed by atoms with Crippen LogP contribution in [-0.2, 0) is 6.61 Å². The molecular formula is C24H22ClN3O6. The number of methoxy groups -OCH3 is 1. The molecule has 34 heavy (non-hydrogen) atoms. The summed E-state index contributed by atoms with van der Waals surface area (Å²) in [6.07, 6.45) is 1.42. The van der Waals surface area contributed by atoms with Crippen LogP contribution < -0.4 is 19.6 Å². The Bertz CT molecular complexity index is 1200. The molecule has 10 heteroatoms. The van der Waals surface area contributed by atoms with Gasteiger partial charge in [-0.2, -0.15) is 5.10 Å². The van der Waals surface area contributed by atoms with Crippen LogP contribution in [0.3, 0.4) is 0 Å². The van der Waals surface area contributed by atoms with Gasteiger partial charge in [0.25, 0.3) is 11.6 Å². The number of amides is 1. The maximum atomic E-state index is 12.5. The first kappa shape index (κ1) is 24.5. The van der Waals surface area contributed by atoms with Crippen molar-refractivity contribution in [1.29, 1.82) is 0 Å². The zero-order valence-corrected chi connectivity index (χ0v) is 19.2. The molecule has 176 valence electrons. The van der Waals surface area contributed by atoms with Crippen LogP contribution in [0.2, 0.25) is 5.02 Å². The summed E-state index contributed by atoms with van der Waals surface area (Å²) in [7, 11) is 1.37. The number of rotatable bonds is 10. The van der Waals surface area contributed by atoms with Crippen molar-refractivity contribution in [2.24, 2.45) is 5.10 Å². The maximum Gasteiger partial charge on any atom is 0.275 e. The van der Waals surface area contributed by atoms with Gasteiger partial charge in [-0.25, -0.2) is 5.43 Å². The number of nitro benzene ring substituents is 1. The average molecular weight is 484 g/mol. The molecular weight excluding hydrogens is 462 g/mol. The van der Waals surface area contributed by atoms with Gasteiger partial charge in [0.2, 0.25) is 0 Å². The van der Waals surface area contributed by atoms with E-state index >= 15 is 0 Å². The standard InChI is InChI=1S/C24H22ClN3O6/c1-3-33-23-12-17(6-10-22(23)34-15-16-4-7-18(25)8-5-16)14-26-27-24(29)20-13-19(28(30)31)9-11-21(20)32-2/h4-14H,3,15H2,1-2H3,(H,27,29). The summed E-state index contributed by atoms with van der Waals surface area (Å²) in [6, 6.07) is 16.3. The van der Waals surface area contributed by atoms with Crippen LogP contribution in [0.1, 0.15) is 28.4 Å². The zero-order valence-electron chi connectivity index (χ0n) is 18.5. The molecule has 0 heterocycles. The Kier molecular flexibility index (Phi) is 8.42. The molecule has 3 aromatic rings. The highest BCUT2D eigenvalue weighted by atomic mass is 35.5. The molecule has 9 nitrogen and oxygen atoms in total. The first-order valence-corrected chi connectivity index (χ1v) is 10.6. The summed E-state index contributed by atoms with van der Waals surface area (Å²) in [6.45, 7) is 2.63. The van der Waals surface area contributed by atoms with E-state index in [9.17, 15) is 14.9 Å². The predicted molar refractivity (Wildman–Crippen MR) is 128 cm³/mol. The number of hydrazone groups is 1. The fourth-order valence-electron chi connectivity index (χ4n) is 2.95. The molecule has 0 spiro atoms. The quantitative estimate of drug-likeness (QED) is 0.247. The van der Waals surface area contributed by atoms with Crippen molar-refractivity contribution in [3.63, 3.8) is 0 Å². The van der Waals surface area contributed by atoms with Crippen molar-refractivity contribution in [1.82, 2.24) is 5.43 Å². The van der Waals surface area contributed by atoms with Crippen LogP contribution in [0, 0.1) is 10.1 Å². The molecule has 0 radical (unpaired) electrons. The Morgan fingerprint density at radius 1 is 1.06 bits per heavy atom. The second-order valence-corrected chi connectivity index (χ2v) is 7.33. The van der Waals surface area contributed by atoms with Crippen LogP contribution in [0.5, 0.6) is 17.2 Å². The highest BCUT2D eigenvalue weighted by Crippen LogP contribution is 2.29. The third-order valence-electron chi connectivity index (χ3n) is 4.59. The molecule has 0 saturated heterocycles. The molecule has 0 atom stereocenters. The van der Waals surface area contributed by atoms with Crippen LogP contribution >= 0.6 is 11.6 Å². The summed E-state index contributed by atoms with van der Waals surface area (Å²) >= 11 is 5.91. The fourth-order valence-corrected chi connectivity index (χ4v) is 3.07. The smallest absolute Gasteiger partial charge is 0.275 e. The second-order valence-electron chi connectivity index (χ2n) is 6.90. The highest BCUT2D eigenvalue weighted by Gasteiger charge is 2.17. The van der Waals surface area contributed by atoms with E-state index in [2.05, 4.69) is 10.5 Å². The molecule has 3 aromatic carbocycles. The average Bonchev–Trinajstić information content (AvgIpc) is 2.84. The van der Waals surface area contributed by atoms with Crippen LogP contribution in [0.4, 0.5) is 5.69 Å². The number of nitro groups is 1. The van der Waals surface area contributed by atoms with E-state index in [1.807, 2.05) is 19.1 Å². The fraction of sp³-hybridized carbons (Fsp3) is 0.167. The summed E-state index contributed by atoms with van der Waals surface area (Å²) in [5.74, 6) is 0.621. The number of benzene rings is 3. The number of hydrogen-bond acceptors (Lipinski definition) is 7. The van der Waals surface area contributed by atoms with Gasteiger partial charge in [0.1, 0.15) is 12.4 Å². The van der Waals surface area contributed by atoms with Gasteiger partial charge < -0.3 is 14.2 Å². The van der Waals surface area contributed by atoms with Gasteiger partial charge >= 0.3 is 0 Å². The van der Waals surface area contributed by atoms with Crippen molar-refractivity contribution < 1.29 is 23.9 Å². The van der Waals surface area contributed by atoms with Gasteiger partial charge in [0.05, 0.1) is 30.4 Å². The Morgan fingerprint density at radius 2 is 1.79 bits per heavy atom. The largest absolute Gasteiger partial charge is 0.496 e. The molecule has 0 aromatic heterocycles. The van der Waals surface area contributed by atoms with Crippen molar-refractivity contribution in [2.75, 3.05) is 13.7 Å². The van der Waals surface area contributed by atoms with Gasteiger partial charge in [-0.1, -0.05) is 23.7 Å². The minimum atomic E-state index is -0.648. The first-order valence-electron chi connectivity index (χ1n) is 10.2. The molecule has 3 rings (SSSR count). The van der Waals surface area contributed by atoms with E-state index in [-0.39, 0.29) is 17.0 Å². The second kappa shape index (κ2) is 11.7. The van der Waals surface area contributed by atoms with E-state index in [1.54, 1.807) is 30.3 Å². The molecule has 1 N–H and O–H groups in total. The number of non-ortho nitro benzene ring substituents is 1. The van der Waals surface area contributed by atoms with Crippen molar-refractivity contribution in [3.05, 3.63) is 92.5 Å². The van der Waals surface area contributed by atoms with Gasteiger partial charge in [-0.05, 0) is 54.4 Å². The Hall–Kier alpha value is -4.11. The SMILES string of the molecule is CCOc1cc(C=NNC(=O)c2cc([N+](=O)[O-])ccc2OC)ccc1OCc1ccc(Cl)cc1. The van der Waals surface area contributed by atoms with Gasteiger partial charge in [-0.3, -0.25) is 14.9 Å². The lowest BCUT2D eigenvalue weighted by Gasteiger charge is -2.12. The molecule has 1 amide bonds. The summed E-state index contributed by atoms with van der Waals surface area (Å²) in [5.41, 5.74) is 3.72. The Balaban J connectivity index is 1.70. The van der Waals surface area contributed by atoms with Gasteiger partial charge in [0.15, 0.2) is 11.5 Å². The van der Waals surface area contributed by atoms with E-state index in [1.165, 1.54) is 25.5 Å². The van der Waals surface area contributed by atoms with Crippen LogP contribution in [0.25, 0.3) is 0 Å². The van der Waals surface area contributed by atoms with Gasteiger partial charge in [0, 0.05) is 17.2 Å². The maximum absolute atomic E-state index is 12.5. The predicted octanol–water partition coefficient (Wildman–Crippen LogP) is 5.00. The molecule has 0 bridgehead atoms. The number of halogens is 1. The Labute approximate surface area is 201 Å². The van der Waals surface area contributed by atoms with Crippen molar-refractivity contribution in [2.45, 2.75) is 13.5 Å². The summed E-state index contributed by atoms with van der Waals surface area (Å²) in [4.78, 5) is 22.9. The highest BCUT2D eigenvalue weighted by molar-refractivity contribution is 6.30. The monoisotopic (exact) mass is 483 g/mol. The number of nitrogens with one attached hydrogen (secondary N) is 1. The van der Waals surface area contributed by atoms with Crippen molar-refractivity contribution >= 4 is 29.4 Å². The number of hydrogen-bond donors (Lipinski definition) is 1. The molecule has 0 aliphatic heterocycles. The third-order valence-corrected chi connectivity index (χ3v) is 4.85.